The van der Waals surface area contributed by atoms with E-state index < -0.39 is 0 Å². The van der Waals surface area contributed by atoms with Crippen LogP contribution in [0.15, 0.2) is 48.5 Å². The van der Waals surface area contributed by atoms with Crippen LogP contribution in [-0.2, 0) is 4.79 Å². The fourth-order valence-electron chi connectivity index (χ4n) is 2.37. The largest absolute Gasteiger partial charge is 0.426 e. The summed E-state index contributed by atoms with van der Waals surface area (Å²) in [4.78, 5) is 12.2. The summed E-state index contributed by atoms with van der Waals surface area (Å²) >= 11 is 0. The molecule has 3 heteroatoms. The van der Waals surface area contributed by atoms with Gasteiger partial charge >= 0.3 is 5.97 Å². The number of esters is 1. The molecule has 1 unspecified atom stereocenters. The molecular formula is C19H23NO2. The highest BCUT2D eigenvalue weighted by Crippen LogP contribution is 2.28. The van der Waals surface area contributed by atoms with Gasteiger partial charge in [-0.15, -0.1) is 0 Å². The molecule has 0 heterocycles. The van der Waals surface area contributed by atoms with E-state index in [9.17, 15) is 4.79 Å². The number of ether oxygens (including phenoxy) is 1. The van der Waals surface area contributed by atoms with E-state index in [4.69, 9.17) is 10.5 Å². The second kappa shape index (κ2) is 7.23. The zero-order valence-corrected chi connectivity index (χ0v) is 13.4. The Bertz CT molecular complexity index is 635. The Hall–Kier alpha value is -2.13. The standard InChI is InChI=1S/C19H23NO2/c1-13(2)16-10-9-14(3)11-18(16)22-19(21)12-17(20)15-7-5-4-6-8-15/h4-11,13,17H,12,20H2,1-3H3. The van der Waals surface area contributed by atoms with Crippen LogP contribution in [0, 0.1) is 6.92 Å². The van der Waals surface area contributed by atoms with Crippen molar-refractivity contribution in [3.05, 3.63) is 65.2 Å². The summed E-state index contributed by atoms with van der Waals surface area (Å²) in [5, 5.41) is 0. The SMILES string of the molecule is Cc1ccc(C(C)C)c(OC(=O)CC(N)c2ccccc2)c1. The summed E-state index contributed by atoms with van der Waals surface area (Å²) in [6.07, 6.45) is 0.162. The van der Waals surface area contributed by atoms with E-state index in [2.05, 4.69) is 13.8 Å². The quantitative estimate of drug-likeness (QED) is 0.667. The molecule has 0 fully saturated rings. The van der Waals surface area contributed by atoms with Crippen LogP contribution in [0.3, 0.4) is 0 Å². The van der Waals surface area contributed by atoms with Crippen LogP contribution in [0.2, 0.25) is 0 Å². The van der Waals surface area contributed by atoms with Gasteiger partial charge < -0.3 is 10.5 Å². The van der Waals surface area contributed by atoms with E-state index in [1.807, 2.05) is 55.5 Å². The van der Waals surface area contributed by atoms with Gasteiger partial charge in [-0.3, -0.25) is 4.79 Å². The van der Waals surface area contributed by atoms with E-state index in [0.717, 1.165) is 16.7 Å². The van der Waals surface area contributed by atoms with Gasteiger partial charge in [-0.2, -0.15) is 0 Å². The van der Waals surface area contributed by atoms with Crippen molar-refractivity contribution in [2.75, 3.05) is 0 Å². The third-order valence-corrected chi connectivity index (χ3v) is 3.63. The van der Waals surface area contributed by atoms with Crippen LogP contribution in [0.4, 0.5) is 0 Å². The number of carbonyl (C=O) groups is 1. The summed E-state index contributed by atoms with van der Waals surface area (Å²) in [6.45, 7) is 6.15. The lowest BCUT2D eigenvalue weighted by Gasteiger charge is -2.15. The van der Waals surface area contributed by atoms with E-state index >= 15 is 0 Å². The molecular weight excluding hydrogens is 274 g/mol. The Kier molecular flexibility index (Phi) is 5.34. The highest BCUT2D eigenvalue weighted by molar-refractivity contribution is 5.74. The third-order valence-electron chi connectivity index (χ3n) is 3.63. The Morgan fingerprint density at radius 1 is 1.14 bits per heavy atom. The average Bonchev–Trinajstić information content (AvgIpc) is 2.47. The highest BCUT2D eigenvalue weighted by atomic mass is 16.5. The van der Waals surface area contributed by atoms with Crippen molar-refractivity contribution in [3.8, 4) is 5.75 Å². The van der Waals surface area contributed by atoms with Gasteiger partial charge in [-0.1, -0.05) is 56.3 Å². The maximum Gasteiger partial charge on any atom is 0.313 e. The van der Waals surface area contributed by atoms with Crippen LogP contribution in [0.5, 0.6) is 5.75 Å². The number of carbonyl (C=O) groups excluding carboxylic acids is 1. The normalized spacial score (nSPS) is 12.2. The molecule has 0 aliphatic carbocycles. The molecule has 1 atom stereocenters. The molecule has 0 aromatic heterocycles. The zero-order chi connectivity index (χ0) is 16.1. The molecule has 3 nitrogen and oxygen atoms in total. The molecule has 2 aromatic carbocycles. The first kappa shape index (κ1) is 16.2. The molecule has 22 heavy (non-hydrogen) atoms. The van der Waals surface area contributed by atoms with Crippen molar-refractivity contribution < 1.29 is 9.53 Å². The molecule has 0 radical (unpaired) electrons. The first-order chi connectivity index (χ1) is 10.5. The minimum absolute atomic E-state index is 0.162. The van der Waals surface area contributed by atoms with Crippen LogP contribution in [-0.4, -0.2) is 5.97 Å². The van der Waals surface area contributed by atoms with Gasteiger partial charge in [0.25, 0.3) is 0 Å². The van der Waals surface area contributed by atoms with Gasteiger partial charge in [0.1, 0.15) is 5.75 Å². The summed E-state index contributed by atoms with van der Waals surface area (Å²) in [5.74, 6) is 0.635. The number of hydrogen-bond donors (Lipinski definition) is 1. The summed E-state index contributed by atoms with van der Waals surface area (Å²) in [7, 11) is 0. The van der Waals surface area contributed by atoms with Crippen LogP contribution in [0.1, 0.15) is 48.9 Å². The molecule has 2 N–H and O–H groups in total. The number of rotatable bonds is 5. The molecule has 0 bridgehead atoms. The van der Waals surface area contributed by atoms with Crippen molar-refractivity contribution in [1.29, 1.82) is 0 Å². The lowest BCUT2D eigenvalue weighted by Crippen LogP contribution is -2.19. The molecule has 0 saturated carbocycles. The molecule has 0 aliphatic rings. The Labute approximate surface area is 132 Å². The highest BCUT2D eigenvalue weighted by Gasteiger charge is 2.16. The lowest BCUT2D eigenvalue weighted by molar-refractivity contribution is -0.134. The van der Waals surface area contributed by atoms with Crippen molar-refractivity contribution in [2.24, 2.45) is 5.73 Å². The predicted octanol–water partition coefficient (Wildman–Crippen LogP) is 4.11. The second-order valence-electron chi connectivity index (χ2n) is 5.89. The first-order valence-corrected chi connectivity index (χ1v) is 7.59. The van der Waals surface area contributed by atoms with Gasteiger partial charge in [-0.25, -0.2) is 0 Å². The Morgan fingerprint density at radius 3 is 2.45 bits per heavy atom. The van der Waals surface area contributed by atoms with Crippen molar-refractivity contribution in [1.82, 2.24) is 0 Å². The fourth-order valence-corrected chi connectivity index (χ4v) is 2.37. The fraction of sp³-hybridized carbons (Fsp3) is 0.316. The number of benzene rings is 2. The molecule has 0 saturated heterocycles. The maximum atomic E-state index is 12.2. The topological polar surface area (TPSA) is 52.3 Å². The maximum absolute atomic E-state index is 12.2. The number of hydrogen-bond acceptors (Lipinski definition) is 3. The van der Waals surface area contributed by atoms with Crippen LogP contribution in [0.25, 0.3) is 0 Å². The van der Waals surface area contributed by atoms with Gasteiger partial charge in [-0.05, 0) is 35.6 Å². The van der Waals surface area contributed by atoms with Crippen molar-refractivity contribution in [2.45, 2.75) is 39.2 Å². The molecule has 0 aliphatic heterocycles. The minimum atomic E-state index is -0.346. The summed E-state index contributed by atoms with van der Waals surface area (Å²) in [5.41, 5.74) is 9.12. The van der Waals surface area contributed by atoms with Gasteiger partial charge in [0.05, 0.1) is 6.42 Å². The van der Waals surface area contributed by atoms with Gasteiger partial charge in [0, 0.05) is 6.04 Å². The van der Waals surface area contributed by atoms with Gasteiger partial charge in [0.2, 0.25) is 0 Å². The van der Waals surface area contributed by atoms with E-state index in [1.54, 1.807) is 0 Å². The molecule has 116 valence electrons. The van der Waals surface area contributed by atoms with Crippen molar-refractivity contribution >= 4 is 5.97 Å². The monoisotopic (exact) mass is 297 g/mol. The van der Waals surface area contributed by atoms with Crippen LogP contribution >= 0.6 is 0 Å². The average molecular weight is 297 g/mol. The van der Waals surface area contributed by atoms with Gasteiger partial charge in [0.15, 0.2) is 0 Å². The molecule has 0 amide bonds. The smallest absolute Gasteiger partial charge is 0.313 e. The summed E-state index contributed by atoms with van der Waals surface area (Å²) < 4.78 is 5.56. The van der Waals surface area contributed by atoms with E-state index in [0.29, 0.717) is 11.7 Å². The van der Waals surface area contributed by atoms with Crippen LogP contribution < -0.4 is 10.5 Å². The minimum Gasteiger partial charge on any atom is -0.426 e. The third kappa shape index (κ3) is 4.18. The molecule has 2 rings (SSSR count). The molecule has 0 spiro atoms. The van der Waals surface area contributed by atoms with E-state index in [-0.39, 0.29) is 18.4 Å². The predicted molar refractivity (Wildman–Crippen MR) is 88.9 cm³/mol. The van der Waals surface area contributed by atoms with E-state index in [1.165, 1.54) is 0 Å². The summed E-state index contributed by atoms with van der Waals surface area (Å²) in [6, 6.07) is 15.2. The lowest BCUT2D eigenvalue weighted by atomic mass is 10.0. The van der Waals surface area contributed by atoms with Crippen molar-refractivity contribution in [3.63, 3.8) is 0 Å². The first-order valence-electron chi connectivity index (χ1n) is 7.59. The Balaban J connectivity index is 2.08. The number of nitrogens with two attached hydrogens (primary N) is 1. The number of aryl methyl sites for hydroxylation is 1. The second-order valence-corrected chi connectivity index (χ2v) is 5.89. The zero-order valence-electron chi connectivity index (χ0n) is 13.4. The Morgan fingerprint density at radius 2 is 1.82 bits per heavy atom. The molecule has 2 aromatic rings.